The third-order valence-electron chi connectivity index (χ3n) is 1.77. The van der Waals surface area contributed by atoms with E-state index in [2.05, 4.69) is 4.72 Å². The number of nitro groups is 1. The fourth-order valence-electron chi connectivity index (χ4n) is 1.07. The smallest absolute Gasteiger partial charge is 0.258 e. The predicted octanol–water partition coefficient (Wildman–Crippen LogP) is 1.30. The fraction of sp³-hybridized carbons (Fsp3) is 0.250. The Labute approximate surface area is 97.4 Å². The zero-order valence-corrected chi connectivity index (χ0v) is 9.88. The summed E-state index contributed by atoms with van der Waals surface area (Å²) in [6, 6.07) is 4.06. The van der Waals surface area contributed by atoms with Gasteiger partial charge in [-0.3, -0.25) is 10.1 Å². The van der Waals surface area contributed by atoms with Crippen molar-refractivity contribution in [3.63, 3.8) is 0 Å². The van der Waals surface area contributed by atoms with Gasteiger partial charge in [0.1, 0.15) is 0 Å². The highest BCUT2D eigenvalue weighted by Gasteiger charge is 2.15. The van der Waals surface area contributed by atoms with Crippen LogP contribution < -0.4 is 4.72 Å². The molecule has 0 bridgehead atoms. The molecule has 0 aliphatic rings. The van der Waals surface area contributed by atoms with Crippen LogP contribution in [0.4, 0.5) is 5.69 Å². The molecule has 8 heteroatoms. The second-order valence-corrected chi connectivity index (χ2v) is 5.39. The minimum absolute atomic E-state index is 0.133. The summed E-state index contributed by atoms with van der Waals surface area (Å²) in [6.07, 6.45) is 0.981. The first kappa shape index (κ1) is 12.9. The van der Waals surface area contributed by atoms with Crippen molar-refractivity contribution in [1.29, 1.82) is 0 Å². The van der Waals surface area contributed by atoms with Crippen molar-refractivity contribution in [1.82, 2.24) is 4.72 Å². The van der Waals surface area contributed by atoms with E-state index in [1.165, 1.54) is 18.2 Å². The van der Waals surface area contributed by atoms with Crippen molar-refractivity contribution >= 4 is 27.3 Å². The van der Waals surface area contributed by atoms with Gasteiger partial charge >= 0.3 is 0 Å². The standard InChI is InChI=1S/C8H9ClN2O4S/c1-16(14,15)10-5-6-2-3-7(9)4-8(6)11(12)13/h2-4,10H,5H2,1H3. The largest absolute Gasteiger partial charge is 0.275 e. The van der Waals surface area contributed by atoms with E-state index in [0.717, 1.165) is 6.26 Å². The lowest BCUT2D eigenvalue weighted by Gasteiger charge is -2.04. The van der Waals surface area contributed by atoms with Crippen molar-refractivity contribution in [2.75, 3.05) is 6.26 Å². The molecule has 6 nitrogen and oxygen atoms in total. The van der Waals surface area contributed by atoms with Crippen LogP contribution in [0.25, 0.3) is 0 Å². The molecule has 0 aromatic heterocycles. The van der Waals surface area contributed by atoms with Gasteiger partial charge in [-0.2, -0.15) is 0 Å². The Balaban J connectivity index is 3.00. The molecule has 0 amide bonds. The van der Waals surface area contributed by atoms with Crippen molar-refractivity contribution in [2.24, 2.45) is 0 Å². The van der Waals surface area contributed by atoms with Crippen molar-refractivity contribution in [3.8, 4) is 0 Å². The Morgan fingerprint density at radius 3 is 2.62 bits per heavy atom. The zero-order valence-electron chi connectivity index (χ0n) is 8.31. The Kier molecular flexibility index (Phi) is 3.84. The number of nitrogens with one attached hydrogen (secondary N) is 1. The first-order valence-corrected chi connectivity index (χ1v) is 6.44. The van der Waals surface area contributed by atoms with Crippen LogP contribution in [-0.2, 0) is 16.6 Å². The molecule has 1 aromatic rings. The summed E-state index contributed by atoms with van der Waals surface area (Å²) in [7, 11) is -3.38. The van der Waals surface area contributed by atoms with E-state index in [1.54, 1.807) is 0 Å². The number of nitro benzene ring substituents is 1. The van der Waals surface area contributed by atoms with Crippen LogP contribution in [0.2, 0.25) is 5.02 Å². The van der Waals surface area contributed by atoms with E-state index >= 15 is 0 Å². The predicted molar refractivity (Wildman–Crippen MR) is 59.8 cm³/mol. The summed E-state index contributed by atoms with van der Waals surface area (Å²) >= 11 is 5.61. The number of benzene rings is 1. The lowest BCUT2D eigenvalue weighted by Crippen LogP contribution is -2.21. The molecule has 1 rings (SSSR count). The molecule has 0 spiro atoms. The SMILES string of the molecule is CS(=O)(=O)NCc1ccc(Cl)cc1[N+](=O)[O-]. The summed E-state index contributed by atoms with van der Waals surface area (Å²) in [5, 5.41) is 10.9. The molecule has 0 radical (unpaired) electrons. The Morgan fingerprint density at radius 1 is 1.50 bits per heavy atom. The Morgan fingerprint density at radius 2 is 2.12 bits per heavy atom. The monoisotopic (exact) mass is 264 g/mol. The number of hydrogen-bond donors (Lipinski definition) is 1. The summed E-state index contributed by atoms with van der Waals surface area (Å²) < 4.78 is 23.9. The van der Waals surface area contributed by atoms with Crippen molar-refractivity contribution in [2.45, 2.75) is 6.54 Å². The van der Waals surface area contributed by atoms with Gasteiger partial charge in [0.25, 0.3) is 5.69 Å². The molecule has 0 atom stereocenters. The summed E-state index contributed by atoms with van der Waals surface area (Å²) in [4.78, 5) is 10.1. The fourth-order valence-corrected chi connectivity index (χ4v) is 1.65. The lowest BCUT2D eigenvalue weighted by atomic mass is 10.2. The van der Waals surface area contributed by atoms with Gasteiger partial charge in [-0.15, -0.1) is 0 Å². The third kappa shape index (κ3) is 3.76. The van der Waals surface area contributed by atoms with E-state index in [0.29, 0.717) is 0 Å². The van der Waals surface area contributed by atoms with Gasteiger partial charge in [0.2, 0.25) is 10.0 Å². The maximum Gasteiger partial charge on any atom is 0.275 e. The van der Waals surface area contributed by atoms with Crippen LogP contribution in [0, 0.1) is 10.1 Å². The molecule has 16 heavy (non-hydrogen) atoms. The molecular formula is C8H9ClN2O4S. The van der Waals surface area contributed by atoms with Gasteiger partial charge in [0.05, 0.1) is 11.2 Å². The molecular weight excluding hydrogens is 256 g/mol. The molecule has 0 fully saturated rings. The number of hydrogen-bond acceptors (Lipinski definition) is 4. The van der Waals surface area contributed by atoms with Crippen molar-refractivity contribution < 1.29 is 13.3 Å². The van der Waals surface area contributed by atoms with Crippen LogP contribution in [-0.4, -0.2) is 19.6 Å². The van der Waals surface area contributed by atoms with Gasteiger partial charge in [-0.05, 0) is 12.1 Å². The maximum atomic E-state index is 10.8. The molecule has 0 heterocycles. The molecule has 0 saturated heterocycles. The van der Waals surface area contributed by atoms with Gasteiger partial charge in [-0.25, -0.2) is 13.1 Å². The molecule has 1 aromatic carbocycles. The second-order valence-electron chi connectivity index (χ2n) is 3.12. The molecule has 88 valence electrons. The first-order chi connectivity index (χ1) is 7.29. The summed E-state index contributed by atoms with van der Waals surface area (Å²) in [5.74, 6) is 0. The molecule has 1 N–H and O–H groups in total. The average Bonchev–Trinajstić information content (AvgIpc) is 2.14. The van der Waals surface area contributed by atoms with Crippen LogP contribution in [0.3, 0.4) is 0 Å². The normalized spacial score (nSPS) is 11.4. The molecule has 0 unspecified atom stereocenters. The second kappa shape index (κ2) is 4.77. The van der Waals surface area contributed by atoms with Gasteiger partial charge in [-0.1, -0.05) is 11.6 Å². The highest BCUT2D eigenvalue weighted by Crippen LogP contribution is 2.23. The summed E-state index contributed by atoms with van der Waals surface area (Å²) in [6.45, 7) is -0.133. The topological polar surface area (TPSA) is 89.3 Å². The van der Waals surface area contributed by atoms with Crippen LogP contribution in [0.5, 0.6) is 0 Å². The van der Waals surface area contributed by atoms with Crippen molar-refractivity contribution in [3.05, 3.63) is 38.9 Å². The number of nitrogens with zero attached hydrogens (tertiary/aromatic N) is 1. The van der Waals surface area contributed by atoms with E-state index in [4.69, 9.17) is 11.6 Å². The van der Waals surface area contributed by atoms with Gasteiger partial charge in [0.15, 0.2) is 0 Å². The van der Waals surface area contributed by atoms with E-state index < -0.39 is 14.9 Å². The van der Waals surface area contributed by atoms with Gasteiger partial charge in [0, 0.05) is 23.2 Å². The highest BCUT2D eigenvalue weighted by atomic mass is 35.5. The summed E-state index contributed by atoms with van der Waals surface area (Å²) in [5.41, 5.74) is 0.0588. The Hall–Kier alpha value is -1.18. The molecule has 0 aliphatic carbocycles. The Bertz CT molecular complexity index is 515. The number of halogens is 1. The lowest BCUT2D eigenvalue weighted by molar-refractivity contribution is -0.385. The van der Waals surface area contributed by atoms with E-state index in [-0.39, 0.29) is 22.8 Å². The number of rotatable bonds is 4. The highest BCUT2D eigenvalue weighted by molar-refractivity contribution is 7.88. The minimum Gasteiger partial charge on any atom is -0.258 e. The molecule has 0 aliphatic heterocycles. The number of sulfonamides is 1. The average molecular weight is 265 g/mol. The minimum atomic E-state index is -3.38. The zero-order chi connectivity index (χ0) is 12.3. The maximum absolute atomic E-state index is 10.8. The third-order valence-corrected chi connectivity index (χ3v) is 2.67. The van der Waals surface area contributed by atoms with E-state index in [9.17, 15) is 18.5 Å². The van der Waals surface area contributed by atoms with Crippen LogP contribution >= 0.6 is 11.6 Å². The van der Waals surface area contributed by atoms with Crippen LogP contribution in [0.1, 0.15) is 5.56 Å². The van der Waals surface area contributed by atoms with Gasteiger partial charge < -0.3 is 0 Å². The quantitative estimate of drug-likeness (QED) is 0.656. The van der Waals surface area contributed by atoms with E-state index in [1.807, 2.05) is 0 Å². The van der Waals surface area contributed by atoms with Crippen LogP contribution in [0.15, 0.2) is 18.2 Å². The first-order valence-electron chi connectivity index (χ1n) is 4.17. The molecule has 0 saturated carbocycles.